The van der Waals surface area contributed by atoms with Crippen molar-refractivity contribution in [1.29, 1.82) is 5.26 Å². The van der Waals surface area contributed by atoms with Gasteiger partial charge in [0.2, 0.25) is 0 Å². The van der Waals surface area contributed by atoms with E-state index in [1.54, 1.807) is 18.2 Å². The van der Waals surface area contributed by atoms with E-state index in [2.05, 4.69) is 11.1 Å². The minimum Gasteiger partial charge on any atom is -0.317 e. The summed E-state index contributed by atoms with van der Waals surface area (Å²) in [6.45, 7) is 1.88. The molecule has 0 bridgehead atoms. The zero-order chi connectivity index (χ0) is 17.1. The Balaban J connectivity index is 1.99. The number of nitriles is 1. The van der Waals surface area contributed by atoms with E-state index in [9.17, 15) is 15.4 Å². The van der Waals surface area contributed by atoms with Crippen LogP contribution in [0.4, 0.5) is 5.69 Å². The molecule has 0 saturated heterocycles. The van der Waals surface area contributed by atoms with Crippen molar-refractivity contribution in [2.24, 2.45) is 0 Å². The van der Waals surface area contributed by atoms with Crippen LogP contribution in [0, 0.1) is 28.4 Å². The molecule has 0 amide bonds. The Bertz CT molecular complexity index is 961. The number of aryl methyl sites for hydroxylation is 1. The highest BCUT2D eigenvalue weighted by molar-refractivity contribution is 7.11. The molecule has 0 aliphatic carbocycles. The third-order valence-corrected chi connectivity index (χ3v) is 4.37. The summed E-state index contributed by atoms with van der Waals surface area (Å²) in [6.07, 6.45) is 3.61. The SMILES string of the molecule is Cc1csc(/C(C#N)=C\c2cccn2-c2ccc([N+](=O)[O-])cc2)n1. The molecule has 2 aromatic heterocycles. The normalized spacial score (nSPS) is 11.2. The molecule has 0 saturated carbocycles. The first kappa shape index (κ1) is 15.6. The van der Waals surface area contributed by atoms with Crippen LogP contribution < -0.4 is 0 Å². The van der Waals surface area contributed by atoms with Crippen molar-refractivity contribution in [2.45, 2.75) is 6.92 Å². The highest BCUT2D eigenvalue weighted by Gasteiger charge is 2.09. The molecule has 3 aromatic rings. The number of thiazole rings is 1. The number of nitrogens with zero attached hydrogens (tertiary/aromatic N) is 4. The molecule has 7 heteroatoms. The largest absolute Gasteiger partial charge is 0.317 e. The molecule has 0 spiro atoms. The molecule has 0 radical (unpaired) electrons. The highest BCUT2D eigenvalue weighted by atomic mass is 32.1. The number of rotatable bonds is 4. The number of non-ortho nitro benzene ring substituents is 1. The van der Waals surface area contributed by atoms with E-state index < -0.39 is 4.92 Å². The monoisotopic (exact) mass is 336 g/mol. The molecule has 0 aliphatic rings. The molecule has 3 rings (SSSR count). The summed E-state index contributed by atoms with van der Waals surface area (Å²) in [5.41, 5.74) is 2.98. The fourth-order valence-corrected chi connectivity index (χ4v) is 3.01. The van der Waals surface area contributed by atoms with Gasteiger partial charge in [0.25, 0.3) is 5.69 Å². The van der Waals surface area contributed by atoms with Crippen LogP contribution in [-0.2, 0) is 0 Å². The predicted molar refractivity (Wildman–Crippen MR) is 92.8 cm³/mol. The first-order valence-corrected chi connectivity index (χ1v) is 7.93. The maximum atomic E-state index is 10.8. The fraction of sp³-hybridized carbons (Fsp3) is 0.0588. The number of hydrogen-bond donors (Lipinski definition) is 0. The van der Waals surface area contributed by atoms with Crippen LogP contribution in [0.1, 0.15) is 16.4 Å². The maximum Gasteiger partial charge on any atom is 0.269 e. The Hall–Kier alpha value is -3.24. The van der Waals surface area contributed by atoms with Crippen LogP contribution in [0.3, 0.4) is 0 Å². The van der Waals surface area contributed by atoms with E-state index in [4.69, 9.17) is 0 Å². The lowest BCUT2D eigenvalue weighted by molar-refractivity contribution is -0.384. The standard InChI is InChI=1S/C17H12N4O2S/c1-12-11-24-17(19-12)13(10-18)9-16-3-2-8-20(16)14-4-6-15(7-5-14)21(22)23/h2-9,11H,1H3/b13-9-. The highest BCUT2D eigenvalue weighted by Crippen LogP contribution is 2.24. The van der Waals surface area contributed by atoms with Crippen molar-refractivity contribution in [2.75, 3.05) is 0 Å². The summed E-state index contributed by atoms with van der Waals surface area (Å²) in [4.78, 5) is 14.7. The lowest BCUT2D eigenvalue weighted by Crippen LogP contribution is -1.96. The fourth-order valence-electron chi connectivity index (χ4n) is 2.25. The lowest BCUT2D eigenvalue weighted by atomic mass is 10.2. The number of aromatic nitrogens is 2. The van der Waals surface area contributed by atoms with Crippen molar-refractivity contribution in [1.82, 2.24) is 9.55 Å². The number of hydrogen-bond acceptors (Lipinski definition) is 5. The Morgan fingerprint density at radius 1 is 1.38 bits per heavy atom. The van der Waals surface area contributed by atoms with Crippen molar-refractivity contribution in [3.8, 4) is 11.8 Å². The van der Waals surface area contributed by atoms with Gasteiger partial charge >= 0.3 is 0 Å². The van der Waals surface area contributed by atoms with Crippen LogP contribution in [0.15, 0.2) is 48.0 Å². The van der Waals surface area contributed by atoms with Gasteiger partial charge in [-0.2, -0.15) is 5.26 Å². The molecule has 2 heterocycles. The van der Waals surface area contributed by atoms with E-state index in [0.29, 0.717) is 10.6 Å². The second kappa shape index (κ2) is 6.48. The summed E-state index contributed by atoms with van der Waals surface area (Å²) in [5.74, 6) is 0. The number of nitro benzene ring substituents is 1. The number of nitro groups is 1. The molecule has 0 N–H and O–H groups in total. The van der Waals surface area contributed by atoms with Gasteiger partial charge in [-0.25, -0.2) is 4.98 Å². The smallest absolute Gasteiger partial charge is 0.269 e. The summed E-state index contributed by atoms with van der Waals surface area (Å²) >= 11 is 1.42. The summed E-state index contributed by atoms with van der Waals surface area (Å²) in [5, 5.41) is 22.7. The zero-order valence-corrected chi connectivity index (χ0v) is 13.5. The molecule has 1 aromatic carbocycles. The number of allylic oxidation sites excluding steroid dienone is 1. The third kappa shape index (κ3) is 3.09. The lowest BCUT2D eigenvalue weighted by Gasteiger charge is -2.06. The topological polar surface area (TPSA) is 84.8 Å². The molecule has 0 unspecified atom stereocenters. The molecule has 24 heavy (non-hydrogen) atoms. The molecular weight excluding hydrogens is 324 g/mol. The Labute approximate surface area is 142 Å². The van der Waals surface area contributed by atoms with Crippen LogP contribution in [-0.4, -0.2) is 14.5 Å². The Morgan fingerprint density at radius 3 is 2.71 bits per heavy atom. The van der Waals surface area contributed by atoms with Gasteiger partial charge in [-0.1, -0.05) is 0 Å². The van der Waals surface area contributed by atoms with E-state index in [0.717, 1.165) is 17.1 Å². The van der Waals surface area contributed by atoms with Crippen molar-refractivity contribution in [3.63, 3.8) is 0 Å². The second-order valence-corrected chi connectivity index (χ2v) is 5.90. The van der Waals surface area contributed by atoms with Crippen molar-refractivity contribution >= 4 is 28.7 Å². The zero-order valence-electron chi connectivity index (χ0n) is 12.7. The van der Waals surface area contributed by atoms with E-state index >= 15 is 0 Å². The van der Waals surface area contributed by atoms with E-state index in [1.807, 2.05) is 35.2 Å². The third-order valence-electron chi connectivity index (χ3n) is 3.38. The molecule has 6 nitrogen and oxygen atoms in total. The molecular formula is C17H12N4O2S. The Kier molecular flexibility index (Phi) is 4.22. The molecule has 0 fully saturated rings. The van der Waals surface area contributed by atoms with Crippen LogP contribution in [0.5, 0.6) is 0 Å². The maximum absolute atomic E-state index is 10.8. The van der Waals surface area contributed by atoms with Crippen molar-refractivity contribution < 1.29 is 4.92 Å². The predicted octanol–water partition coefficient (Wildman–Crippen LogP) is 4.21. The number of benzene rings is 1. The van der Waals surface area contributed by atoms with Crippen LogP contribution in [0.25, 0.3) is 17.3 Å². The van der Waals surface area contributed by atoms with E-state index in [1.165, 1.54) is 23.5 Å². The van der Waals surface area contributed by atoms with Crippen LogP contribution >= 0.6 is 11.3 Å². The average Bonchev–Trinajstić information content (AvgIpc) is 3.21. The quantitative estimate of drug-likeness (QED) is 0.406. The minimum absolute atomic E-state index is 0.0407. The van der Waals surface area contributed by atoms with Gasteiger partial charge in [-0.05, 0) is 37.3 Å². The summed E-state index contributed by atoms with van der Waals surface area (Å²) in [7, 11) is 0. The van der Waals surface area contributed by atoms with Gasteiger partial charge in [0, 0.05) is 40.8 Å². The summed E-state index contributed by atoms with van der Waals surface area (Å²) in [6, 6.07) is 12.2. The average molecular weight is 336 g/mol. The van der Waals surface area contributed by atoms with Gasteiger partial charge < -0.3 is 4.57 Å². The van der Waals surface area contributed by atoms with Crippen molar-refractivity contribution in [3.05, 3.63) is 74.5 Å². The van der Waals surface area contributed by atoms with Gasteiger partial charge in [0.15, 0.2) is 0 Å². The first-order valence-electron chi connectivity index (χ1n) is 7.05. The van der Waals surface area contributed by atoms with Gasteiger partial charge in [0.1, 0.15) is 11.1 Å². The van der Waals surface area contributed by atoms with Gasteiger partial charge in [0.05, 0.1) is 10.5 Å². The van der Waals surface area contributed by atoms with Gasteiger partial charge in [-0.3, -0.25) is 10.1 Å². The summed E-state index contributed by atoms with van der Waals surface area (Å²) < 4.78 is 1.86. The molecule has 0 atom stereocenters. The first-order chi connectivity index (χ1) is 11.6. The minimum atomic E-state index is -0.432. The second-order valence-electron chi connectivity index (χ2n) is 5.04. The van der Waals surface area contributed by atoms with E-state index in [-0.39, 0.29) is 5.69 Å². The molecule has 0 aliphatic heterocycles. The molecule has 118 valence electrons. The van der Waals surface area contributed by atoms with Crippen LogP contribution in [0.2, 0.25) is 0 Å². The van der Waals surface area contributed by atoms with Gasteiger partial charge in [-0.15, -0.1) is 11.3 Å². The Morgan fingerprint density at radius 2 is 2.12 bits per heavy atom.